The van der Waals surface area contributed by atoms with E-state index in [0.29, 0.717) is 24.7 Å². The highest BCUT2D eigenvalue weighted by molar-refractivity contribution is 5.88. The summed E-state index contributed by atoms with van der Waals surface area (Å²) in [6.45, 7) is 9.25. The van der Waals surface area contributed by atoms with Crippen LogP contribution in [0.5, 0.6) is 5.75 Å². The van der Waals surface area contributed by atoms with Gasteiger partial charge in [-0.15, -0.1) is 0 Å². The van der Waals surface area contributed by atoms with Crippen LogP contribution in [0, 0.1) is 13.8 Å². The molecule has 7 nitrogen and oxygen atoms in total. The van der Waals surface area contributed by atoms with Gasteiger partial charge in [0.25, 0.3) is 5.91 Å². The maximum atomic E-state index is 12.6. The Balaban J connectivity index is 1.57. The number of carbonyl (C=O) groups is 2. The molecule has 1 amide bonds. The van der Waals surface area contributed by atoms with Crippen LogP contribution in [-0.4, -0.2) is 51.4 Å². The fourth-order valence-electron chi connectivity index (χ4n) is 3.84. The summed E-state index contributed by atoms with van der Waals surface area (Å²) in [5.41, 5.74) is 3.10. The molecular formula is C22H29N3O4. The van der Waals surface area contributed by atoms with E-state index in [1.807, 2.05) is 17.9 Å². The SMILES string of the molecule is Cc1ccc(C(C)C)c(OCC(=O)N2CCC(n3ncc(C(=O)O)c3C)CC2)c1. The molecule has 0 saturated carbocycles. The molecule has 0 aliphatic carbocycles. The molecule has 0 atom stereocenters. The molecular weight excluding hydrogens is 370 g/mol. The average molecular weight is 399 g/mol. The minimum Gasteiger partial charge on any atom is -0.483 e. The molecule has 0 radical (unpaired) electrons. The van der Waals surface area contributed by atoms with Gasteiger partial charge in [0, 0.05) is 13.1 Å². The molecule has 1 saturated heterocycles. The van der Waals surface area contributed by atoms with E-state index in [1.165, 1.54) is 6.20 Å². The molecule has 1 aliphatic heterocycles. The first-order valence-electron chi connectivity index (χ1n) is 10.1. The Morgan fingerprint density at radius 1 is 1.24 bits per heavy atom. The third-order valence-corrected chi connectivity index (χ3v) is 5.58. The van der Waals surface area contributed by atoms with E-state index in [1.54, 1.807) is 11.6 Å². The fourth-order valence-corrected chi connectivity index (χ4v) is 3.84. The first-order chi connectivity index (χ1) is 13.8. The predicted octanol–water partition coefficient (Wildman–Crippen LogP) is 3.56. The third-order valence-electron chi connectivity index (χ3n) is 5.58. The van der Waals surface area contributed by atoms with E-state index in [9.17, 15) is 14.7 Å². The van der Waals surface area contributed by atoms with Gasteiger partial charge in [0.2, 0.25) is 0 Å². The number of carboxylic acid groups (broad SMARTS) is 1. The number of carbonyl (C=O) groups excluding carboxylic acids is 1. The lowest BCUT2D eigenvalue weighted by Gasteiger charge is -2.32. The quantitative estimate of drug-likeness (QED) is 0.803. The van der Waals surface area contributed by atoms with Crippen LogP contribution in [0.15, 0.2) is 24.4 Å². The van der Waals surface area contributed by atoms with Crippen LogP contribution in [0.25, 0.3) is 0 Å². The van der Waals surface area contributed by atoms with Gasteiger partial charge in [-0.05, 0) is 49.8 Å². The van der Waals surface area contributed by atoms with Crippen molar-refractivity contribution in [1.29, 1.82) is 0 Å². The van der Waals surface area contributed by atoms with Crippen molar-refractivity contribution in [2.45, 2.75) is 52.5 Å². The number of nitrogens with zero attached hydrogens (tertiary/aromatic N) is 3. The van der Waals surface area contributed by atoms with Crippen LogP contribution in [0.3, 0.4) is 0 Å². The Morgan fingerprint density at radius 3 is 2.52 bits per heavy atom. The molecule has 29 heavy (non-hydrogen) atoms. The number of amides is 1. The molecule has 0 spiro atoms. The number of hydrogen-bond acceptors (Lipinski definition) is 4. The number of aryl methyl sites for hydroxylation is 1. The minimum atomic E-state index is -0.963. The van der Waals surface area contributed by atoms with E-state index in [-0.39, 0.29) is 24.1 Å². The van der Waals surface area contributed by atoms with Crippen molar-refractivity contribution in [3.63, 3.8) is 0 Å². The minimum absolute atomic E-state index is 0.0249. The van der Waals surface area contributed by atoms with Gasteiger partial charge in [0.15, 0.2) is 6.61 Å². The largest absolute Gasteiger partial charge is 0.483 e. The highest BCUT2D eigenvalue weighted by Gasteiger charge is 2.27. The zero-order chi connectivity index (χ0) is 21.1. The molecule has 1 aromatic heterocycles. The van der Waals surface area contributed by atoms with Crippen molar-refractivity contribution >= 4 is 11.9 Å². The number of carboxylic acids is 1. The molecule has 1 N–H and O–H groups in total. The molecule has 1 fully saturated rings. The van der Waals surface area contributed by atoms with Crippen molar-refractivity contribution in [3.05, 3.63) is 46.8 Å². The van der Waals surface area contributed by atoms with Crippen LogP contribution < -0.4 is 4.74 Å². The van der Waals surface area contributed by atoms with Crippen LogP contribution >= 0.6 is 0 Å². The monoisotopic (exact) mass is 399 g/mol. The van der Waals surface area contributed by atoms with E-state index >= 15 is 0 Å². The van der Waals surface area contributed by atoms with Crippen molar-refractivity contribution in [3.8, 4) is 5.75 Å². The summed E-state index contributed by atoms with van der Waals surface area (Å²) in [6, 6.07) is 6.21. The number of rotatable bonds is 6. The normalized spacial score (nSPS) is 15.0. The second-order valence-corrected chi connectivity index (χ2v) is 7.99. The molecule has 0 bridgehead atoms. The second-order valence-electron chi connectivity index (χ2n) is 7.99. The molecule has 2 aromatic rings. The van der Waals surface area contributed by atoms with Crippen molar-refractivity contribution in [2.24, 2.45) is 0 Å². The number of aromatic nitrogens is 2. The molecule has 1 aliphatic rings. The first-order valence-corrected chi connectivity index (χ1v) is 10.1. The van der Waals surface area contributed by atoms with Crippen molar-refractivity contribution < 1.29 is 19.4 Å². The number of likely N-dealkylation sites (tertiary alicyclic amines) is 1. The zero-order valence-corrected chi connectivity index (χ0v) is 17.5. The number of benzene rings is 1. The van der Waals surface area contributed by atoms with E-state index in [2.05, 4.69) is 31.1 Å². The van der Waals surface area contributed by atoms with Crippen LogP contribution in [-0.2, 0) is 4.79 Å². The molecule has 3 rings (SSSR count). The standard InChI is InChI=1S/C22H29N3O4/c1-14(2)18-6-5-15(3)11-20(18)29-13-21(26)24-9-7-17(8-10-24)25-16(4)19(12-23-25)22(27)28/h5-6,11-12,14,17H,7-10,13H2,1-4H3,(H,27,28). The number of aromatic carboxylic acids is 1. The Morgan fingerprint density at radius 2 is 1.93 bits per heavy atom. The van der Waals surface area contributed by atoms with Crippen LogP contribution in [0.1, 0.15) is 65.8 Å². The lowest BCUT2D eigenvalue weighted by molar-refractivity contribution is -0.134. The zero-order valence-electron chi connectivity index (χ0n) is 17.5. The van der Waals surface area contributed by atoms with Gasteiger partial charge < -0.3 is 14.7 Å². The van der Waals surface area contributed by atoms with Crippen molar-refractivity contribution in [2.75, 3.05) is 19.7 Å². The van der Waals surface area contributed by atoms with Gasteiger partial charge in [0.05, 0.1) is 17.9 Å². The predicted molar refractivity (Wildman–Crippen MR) is 110 cm³/mol. The van der Waals surface area contributed by atoms with Crippen LogP contribution in [0.2, 0.25) is 0 Å². The Hall–Kier alpha value is -2.83. The smallest absolute Gasteiger partial charge is 0.339 e. The van der Waals surface area contributed by atoms with E-state index < -0.39 is 5.97 Å². The highest BCUT2D eigenvalue weighted by atomic mass is 16.5. The number of piperidine rings is 1. The van der Waals surface area contributed by atoms with Crippen molar-refractivity contribution in [1.82, 2.24) is 14.7 Å². The molecule has 2 heterocycles. The van der Waals surface area contributed by atoms with Gasteiger partial charge in [-0.3, -0.25) is 9.48 Å². The summed E-state index contributed by atoms with van der Waals surface area (Å²) >= 11 is 0. The first kappa shape index (κ1) is 20.9. The lowest BCUT2D eigenvalue weighted by Crippen LogP contribution is -2.41. The fraction of sp³-hybridized carbons (Fsp3) is 0.500. The summed E-state index contributed by atoms with van der Waals surface area (Å²) < 4.78 is 7.66. The van der Waals surface area contributed by atoms with Gasteiger partial charge in [0.1, 0.15) is 11.3 Å². The number of ether oxygens (including phenoxy) is 1. The molecule has 7 heteroatoms. The van der Waals surface area contributed by atoms with Gasteiger partial charge in [-0.1, -0.05) is 26.0 Å². The Labute approximate surface area is 171 Å². The lowest BCUT2D eigenvalue weighted by atomic mass is 10.0. The summed E-state index contributed by atoms with van der Waals surface area (Å²) in [5.74, 6) is 0.111. The number of hydrogen-bond donors (Lipinski definition) is 1. The molecule has 156 valence electrons. The van der Waals surface area contributed by atoms with Gasteiger partial charge >= 0.3 is 5.97 Å². The second kappa shape index (κ2) is 8.68. The average Bonchev–Trinajstić information content (AvgIpc) is 3.07. The topological polar surface area (TPSA) is 84.7 Å². The maximum absolute atomic E-state index is 12.6. The summed E-state index contributed by atoms with van der Waals surface area (Å²) in [4.78, 5) is 25.7. The van der Waals surface area contributed by atoms with Crippen LogP contribution in [0.4, 0.5) is 0 Å². The highest BCUT2D eigenvalue weighted by Crippen LogP contribution is 2.28. The third kappa shape index (κ3) is 4.60. The van der Waals surface area contributed by atoms with E-state index in [0.717, 1.165) is 29.7 Å². The van der Waals surface area contributed by atoms with Gasteiger partial charge in [-0.2, -0.15) is 5.10 Å². The Bertz CT molecular complexity index is 895. The molecule has 1 aromatic carbocycles. The summed E-state index contributed by atoms with van der Waals surface area (Å²) in [7, 11) is 0. The maximum Gasteiger partial charge on any atom is 0.339 e. The Kier molecular flexibility index (Phi) is 6.25. The summed E-state index contributed by atoms with van der Waals surface area (Å²) in [6.07, 6.45) is 2.89. The van der Waals surface area contributed by atoms with E-state index in [4.69, 9.17) is 4.74 Å². The van der Waals surface area contributed by atoms with Gasteiger partial charge in [-0.25, -0.2) is 4.79 Å². The summed E-state index contributed by atoms with van der Waals surface area (Å²) in [5, 5.41) is 13.4. The molecule has 0 unspecified atom stereocenters.